The van der Waals surface area contributed by atoms with Crippen LogP contribution in [0, 0.1) is 0 Å². The molecular formula is C22H26N2O3. The largest absolute Gasteiger partial charge is 0.494 e. The number of aromatic nitrogens is 1. The van der Waals surface area contributed by atoms with E-state index in [2.05, 4.69) is 22.4 Å². The second kappa shape index (κ2) is 9.67. The van der Waals surface area contributed by atoms with E-state index in [9.17, 15) is 4.79 Å². The van der Waals surface area contributed by atoms with Crippen LogP contribution in [0.25, 0.3) is 10.9 Å². The van der Waals surface area contributed by atoms with Gasteiger partial charge in [0.25, 0.3) is 0 Å². The molecule has 5 heteroatoms. The summed E-state index contributed by atoms with van der Waals surface area (Å²) in [5.74, 6) is 1.66. The van der Waals surface area contributed by atoms with Crippen LogP contribution in [0.15, 0.2) is 54.7 Å². The van der Waals surface area contributed by atoms with Gasteiger partial charge in [-0.1, -0.05) is 18.2 Å². The predicted octanol–water partition coefficient (Wildman–Crippen LogP) is 4.08. The Balaban J connectivity index is 1.31. The van der Waals surface area contributed by atoms with Crippen LogP contribution in [-0.2, 0) is 11.2 Å². The lowest BCUT2D eigenvalue weighted by Gasteiger charge is -2.09. The van der Waals surface area contributed by atoms with Crippen molar-refractivity contribution in [1.82, 2.24) is 10.3 Å². The Morgan fingerprint density at radius 1 is 1.04 bits per heavy atom. The number of H-pyrrole nitrogens is 1. The highest BCUT2D eigenvalue weighted by Gasteiger charge is 2.05. The number of aromatic amines is 1. The van der Waals surface area contributed by atoms with Crippen LogP contribution in [-0.4, -0.2) is 30.6 Å². The summed E-state index contributed by atoms with van der Waals surface area (Å²) in [5.41, 5.74) is 2.40. The number of ether oxygens (including phenoxy) is 2. The molecule has 0 radical (unpaired) electrons. The Hall–Kier alpha value is -2.95. The molecule has 27 heavy (non-hydrogen) atoms. The van der Waals surface area contributed by atoms with Crippen LogP contribution in [0.4, 0.5) is 0 Å². The Morgan fingerprint density at radius 3 is 2.56 bits per heavy atom. The second-order valence-corrected chi connectivity index (χ2v) is 6.32. The van der Waals surface area contributed by atoms with Crippen molar-refractivity contribution < 1.29 is 14.3 Å². The van der Waals surface area contributed by atoms with Gasteiger partial charge in [-0.05, 0) is 55.7 Å². The van der Waals surface area contributed by atoms with Gasteiger partial charge in [-0.15, -0.1) is 0 Å². The topological polar surface area (TPSA) is 63.4 Å². The van der Waals surface area contributed by atoms with E-state index in [1.807, 2.05) is 49.5 Å². The summed E-state index contributed by atoms with van der Waals surface area (Å²) < 4.78 is 11.0. The molecule has 3 rings (SSSR count). The highest BCUT2D eigenvalue weighted by Crippen LogP contribution is 2.19. The summed E-state index contributed by atoms with van der Waals surface area (Å²) in [5, 5.41) is 4.14. The van der Waals surface area contributed by atoms with Crippen LogP contribution < -0.4 is 14.8 Å². The fourth-order valence-corrected chi connectivity index (χ4v) is 3.02. The number of amides is 1. The van der Waals surface area contributed by atoms with Gasteiger partial charge in [0.15, 0.2) is 0 Å². The van der Waals surface area contributed by atoms with Gasteiger partial charge in [-0.2, -0.15) is 0 Å². The van der Waals surface area contributed by atoms with Gasteiger partial charge < -0.3 is 19.8 Å². The maximum absolute atomic E-state index is 12.0. The third kappa shape index (κ3) is 5.51. The summed E-state index contributed by atoms with van der Waals surface area (Å²) in [7, 11) is 0. The number of hydrogen-bond acceptors (Lipinski definition) is 3. The van der Waals surface area contributed by atoms with Gasteiger partial charge in [0.05, 0.1) is 13.2 Å². The Bertz CT molecular complexity index is 855. The van der Waals surface area contributed by atoms with E-state index in [0.29, 0.717) is 26.2 Å². The van der Waals surface area contributed by atoms with Crippen molar-refractivity contribution in [3.63, 3.8) is 0 Å². The van der Waals surface area contributed by atoms with Crippen molar-refractivity contribution in [2.24, 2.45) is 0 Å². The van der Waals surface area contributed by atoms with Gasteiger partial charge in [-0.3, -0.25) is 4.79 Å². The van der Waals surface area contributed by atoms with E-state index in [4.69, 9.17) is 9.47 Å². The first-order valence-corrected chi connectivity index (χ1v) is 9.43. The van der Waals surface area contributed by atoms with E-state index in [1.54, 1.807) is 0 Å². The minimum absolute atomic E-state index is 0.0603. The fourth-order valence-electron chi connectivity index (χ4n) is 3.02. The fraction of sp³-hybridized carbons (Fsp3) is 0.318. The van der Waals surface area contributed by atoms with E-state index in [-0.39, 0.29) is 5.91 Å². The standard InChI is InChI=1S/C22H26N2O3/c1-2-26-18-10-12-19(13-11-18)27-15-14-23-22(25)9-5-6-17-16-24-21-8-4-3-7-20(17)21/h3-4,7-8,10-13,16,24H,2,5-6,9,14-15H2,1H3,(H,23,25). The molecule has 1 amide bonds. The van der Waals surface area contributed by atoms with Crippen LogP contribution in [0.1, 0.15) is 25.3 Å². The number of nitrogens with one attached hydrogen (secondary N) is 2. The summed E-state index contributed by atoms with van der Waals surface area (Å²) in [6.45, 7) is 3.54. The molecule has 0 aliphatic rings. The molecule has 1 aromatic heterocycles. The maximum Gasteiger partial charge on any atom is 0.220 e. The SMILES string of the molecule is CCOc1ccc(OCCNC(=O)CCCc2c[nH]c3ccccc23)cc1. The monoisotopic (exact) mass is 366 g/mol. The molecule has 3 aromatic rings. The second-order valence-electron chi connectivity index (χ2n) is 6.32. The number of benzene rings is 2. The highest BCUT2D eigenvalue weighted by molar-refractivity contribution is 5.83. The van der Waals surface area contributed by atoms with Crippen LogP contribution in [0.5, 0.6) is 11.5 Å². The normalized spacial score (nSPS) is 10.7. The van der Waals surface area contributed by atoms with E-state index in [1.165, 1.54) is 10.9 Å². The smallest absolute Gasteiger partial charge is 0.220 e. The number of para-hydroxylation sites is 1. The van der Waals surface area contributed by atoms with Crippen LogP contribution in [0.3, 0.4) is 0 Å². The average Bonchev–Trinajstić information content (AvgIpc) is 3.10. The van der Waals surface area contributed by atoms with Crippen molar-refractivity contribution in [2.75, 3.05) is 19.8 Å². The lowest BCUT2D eigenvalue weighted by atomic mass is 10.1. The van der Waals surface area contributed by atoms with Gasteiger partial charge in [0, 0.05) is 23.5 Å². The summed E-state index contributed by atoms with van der Waals surface area (Å²) in [4.78, 5) is 15.2. The molecule has 0 aliphatic carbocycles. The molecule has 142 valence electrons. The van der Waals surface area contributed by atoms with Crippen molar-refractivity contribution in [1.29, 1.82) is 0 Å². The molecule has 1 heterocycles. The van der Waals surface area contributed by atoms with Crippen molar-refractivity contribution in [3.8, 4) is 11.5 Å². The molecular weight excluding hydrogens is 340 g/mol. The third-order valence-electron chi connectivity index (χ3n) is 4.35. The number of aryl methyl sites for hydroxylation is 1. The molecule has 5 nitrogen and oxygen atoms in total. The maximum atomic E-state index is 12.0. The Morgan fingerprint density at radius 2 is 1.78 bits per heavy atom. The van der Waals surface area contributed by atoms with Crippen molar-refractivity contribution in [3.05, 3.63) is 60.3 Å². The number of carbonyl (C=O) groups excluding carboxylic acids is 1. The minimum Gasteiger partial charge on any atom is -0.494 e. The number of hydrogen-bond donors (Lipinski definition) is 2. The molecule has 0 fully saturated rings. The molecule has 0 spiro atoms. The lowest BCUT2D eigenvalue weighted by Crippen LogP contribution is -2.27. The Kier molecular flexibility index (Phi) is 6.74. The van der Waals surface area contributed by atoms with Crippen LogP contribution >= 0.6 is 0 Å². The average molecular weight is 366 g/mol. The predicted molar refractivity (Wildman–Crippen MR) is 107 cm³/mol. The minimum atomic E-state index is 0.0603. The summed E-state index contributed by atoms with van der Waals surface area (Å²) in [6.07, 6.45) is 4.27. The van der Waals surface area contributed by atoms with Crippen molar-refractivity contribution in [2.45, 2.75) is 26.2 Å². The van der Waals surface area contributed by atoms with E-state index >= 15 is 0 Å². The molecule has 0 unspecified atom stereocenters. The first-order chi connectivity index (χ1) is 13.3. The van der Waals surface area contributed by atoms with Crippen molar-refractivity contribution >= 4 is 16.8 Å². The zero-order valence-corrected chi connectivity index (χ0v) is 15.7. The molecule has 0 atom stereocenters. The third-order valence-corrected chi connectivity index (χ3v) is 4.35. The lowest BCUT2D eigenvalue weighted by molar-refractivity contribution is -0.121. The zero-order valence-electron chi connectivity index (χ0n) is 15.7. The quantitative estimate of drug-likeness (QED) is 0.531. The van der Waals surface area contributed by atoms with E-state index in [0.717, 1.165) is 29.9 Å². The van der Waals surface area contributed by atoms with Gasteiger partial charge in [-0.25, -0.2) is 0 Å². The molecule has 0 bridgehead atoms. The van der Waals surface area contributed by atoms with Crippen LogP contribution in [0.2, 0.25) is 0 Å². The van der Waals surface area contributed by atoms with E-state index < -0.39 is 0 Å². The first kappa shape index (κ1) is 18.8. The molecule has 0 saturated carbocycles. The summed E-state index contributed by atoms with van der Waals surface area (Å²) >= 11 is 0. The molecule has 2 N–H and O–H groups in total. The van der Waals surface area contributed by atoms with Gasteiger partial charge >= 0.3 is 0 Å². The summed E-state index contributed by atoms with van der Waals surface area (Å²) in [6, 6.07) is 15.7. The van der Waals surface area contributed by atoms with Gasteiger partial charge in [0.2, 0.25) is 5.91 Å². The number of fused-ring (bicyclic) bond motifs is 1. The molecule has 0 saturated heterocycles. The number of rotatable bonds is 10. The first-order valence-electron chi connectivity index (χ1n) is 9.43. The molecule has 0 aliphatic heterocycles. The zero-order chi connectivity index (χ0) is 18.9. The number of carbonyl (C=O) groups is 1. The highest BCUT2D eigenvalue weighted by atomic mass is 16.5. The molecule has 2 aromatic carbocycles. The Labute approximate surface area is 159 Å². The van der Waals surface area contributed by atoms with Gasteiger partial charge in [0.1, 0.15) is 18.1 Å².